The van der Waals surface area contributed by atoms with Gasteiger partial charge in [-0.3, -0.25) is 4.79 Å². The summed E-state index contributed by atoms with van der Waals surface area (Å²) in [5.41, 5.74) is 0.0769. The second-order valence-corrected chi connectivity index (χ2v) is 6.21. The van der Waals surface area contributed by atoms with Gasteiger partial charge in [0.2, 0.25) is 0 Å². The van der Waals surface area contributed by atoms with Crippen molar-refractivity contribution < 1.29 is 14.7 Å². The van der Waals surface area contributed by atoms with E-state index in [1.807, 2.05) is 4.90 Å². The Kier molecular flexibility index (Phi) is 5.46. The van der Waals surface area contributed by atoms with Gasteiger partial charge >= 0.3 is 5.97 Å². The Morgan fingerprint density at radius 3 is 2.55 bits per heavy atom. The van der Waals surface area contributed by atoms with Crippen LogP contribution in [0.2, 0.25) is 0 Å². The number of carboxylic acids is 1. The number of aromatic carboxylic acids is 1. The zero-order valence-electron chi connectivity index (χ0n) is 13.2. The molecule has 1 aromatic rings. The highest BCUT2D eigenvalue weighted by molar-refractivity contribution is 5.93. The zero-order valence-corrected chi connectivity index (χ0v) is 13.2. The van der Waals surface area contributed by atoms with E-state index in [0.29, 0.717) is 5.92 Å². The van der Waals surface area contributed by atoms with Gasteiger partial charge in [0.15, 0.2) is 5.69 Å². The van der Waals surface area contributed by atoms with E-state index < -0.39 is 5.97 Å². The molecule has 22 heavy (non-hydrogen) atoms. The number of aromatic nitrogens is 2. The Bertz CT molecular complexity index is 528. The van der Waals surface area contributed by atoms with E-state index in [0.717, 1.165) is 44.8 Å². The number of rotatable bonds is 5. The Hall–Kier alpha value is -1.98. The van der Waals surface area contributed by atoms with E-state index in [1.54, 1.807) is 0 Å². The second kappa shape index (κ2) is 7.33. The zero-order chi connectivity index (χ0) is 16.1. The van der Waals surface area contributed by atoms with Crippen LogP contribution in [0.15, 0.2) is 12.4 Å². The number of carboxylic acid groups (broad SMARTS) is 1. The van der Waals surface area contributed by atoms with E-state index in [-0.39, 0.29) is 23.3 Å². The molecule has 2 rings (SSSR count). The third kappa shape index (κ3) is 4.02. The van der Waals surface area contributed by atoms with Gasteiger partial charge in [-0.1, -0.05) is 13.8 Å². The molecular weight excluding hydrogens is 282 g/mol. The van der Waals surface area contributed by atoms with Crippen molar-refractivity contribution in [3.05, 3.63) is 23.8 Å². The maximum Gasteiger partial charge on any atom is 0.356 e. The van der Waals surface area contributed by atoms with Gasteiger partial charge in [0.1, 0.15) is 5.69 Å². The summed E-state index contributed by atoms with van der Waals surface area (Å²) in [6.45, 7) is 5.11. The summed E-state index contributed by atoms with van der Waals surface area (Å²) in [5, 5.41) is 8.83. The van der Waals surface area contributed by atoms with Crippen LogP contribution in [0.1, 0.15) is 66.9 Å². The lowest BCUT2D eigenvalue weighted by Gasteiger charge is -2.36. The first-order valence-corrected chi connectivity index (χ1v) is 7.85. The molecule has 1 aromatic heterocycles. The number of carbonyl (C=O) groups excluding carboxylic acids is 1. The summed E-state index contributed by atoms with van der Waals surface area (Å²) in [7, 11) is 0. The van der Waals surface area contributed by atoms with E-state index >= 15 is 0 Å². The van der Waals surface area contributed by atoms with Crippen molar-refractivity contribution in [2.75, 3.05) is 6.54 Å². The summed E-state index contributed by atoms with van der Waals surface area (Å²) in [4.78, 5) is 33.0. The van der Waals surface area contributed by atoms with Crippen molar-refractivity contribution in [1.82, 2.24) is 14.9 Å². The molecule has 1 amide bonds. The highest BCUT2D eigenvalue weighted by atomic mass is 16.4. The fraction of sp³-hybridized carbons (Fsp3) is 0.625. The standard InChI is InChI=1S/C16H23N3O3/c1-11(2)6-7-12-5-3-4-8-19(12)15(20)13-9-18-14(10-17-13)16(21)22/h9-12H,3-8H2,1-2H3,(H,21,22). The van der Waals surface area contributed by atoms with Crippen LogP contribution in [0, 0.1) is 5.92 Å². The molecule has 0 aliphatic carbocycles. The van der Waals surface area contributed by atoms with Crippen LogP contribution in [0.5, 0.6) is 0 Å². The SMILES string of the molecule is CC(C)CCC1CCCCN1C(=O)c1cnc(C(=O)O)cn1. The van der Waals surface area contributed by atoms with Crippen molar-refractivity contribution in [3.8, 4) is 0 Å². The highest BCUT2D eigenvalue weighted by Crippen LogP contribution is 2.24. The summed E-state index contributed by atoms with van der Waals surface area (Å²) in [6.07, 6.45) is 7.69. The van der Waals surface area contributed by atoms with Gasteiger partial charge < -0.3 is 10.0 Å². The fourth-order valence-electron chi connectivity index (χ4n) is 2.79. The number of amides is 1. The van der Waals surface area contributed by atoms with Gasteiger partial charge in [-0.15, -0.1) is 0 Å². The lowest BCUT2D eigenvalue weighted by Crippen LogP contribution is -2.44. The summed E-state index contributed by atoms with van der Waals surface area (Å²) < 4.78 is 0. The van der Waals surface area contributed by atoms with Gasteiger partial charge in [0.05, 0.1) is 12.4 Å². The number of nitrogens with zero attached hydrogens (tertiary/aromatic N) is 3. The highest BCUT2D eigenvalue weighted by Gasteiger charge is 2.28. The molecule has 1 unspecified atom stereocenters. The minimum absolute atomic E-state index is 0.141. The van der Waals surface area contributed by atoms with E-state index in [9.17, 15) is 9.59 Å². The molecule has 0 spiro atoms. The van der Waals surface area contributed by atoms with Gasteiger partial charge in [-0.25, -0.2) is 14.8 Å². The third-order valence-electron chi connectivity index (χ3n) is 4.06. The molecule has 1 fully saturated rings. The lowest BCUT2D eigenvalue weighted by atomic mass is 9.94. The van der Waals surface area contributed by atoms with Crippen molar-refractivity contribution in [2.24, 2.45) is 5.92 Å². The van der Waals surface area contributed by atoms with Crippen LogP contribution in [0.4, 0.5) is 0 Å². The molecule has 0 radical (unpaired) electrons. The molecule has 1 aliphatic heterocycles. The Morgan fingerprint density at radius 1 is 1.27 bits per heavy atom. The Balaban J connectivity index is 2.09. The predicted octanol–water partition coefficient (Wildman–Crippen LogP) is 2.61. The molecule has 1 atom stereocenters. The molecule has 1 saturated heterocycles. The predicted molar refractivity (Wildman–Crippen MR) is 81.7 cm³/mol. The number of piperidine rings is 1. The topological polar surface area (TPSA) is 83.4 Å². The minimum Gasteiger partial charge on any atom is -0.476 e. The first kappa shape index (κ1) is 16.4. The molecule has 0 aromatic carbocycles. The first-order valence-electron chi connectivity index (χ1n) is 7.85. The fourth-order valence-corrected chi connectivity index (χ4v) is 2.79. The smallest absolute Gasteiger partial charge is 0.356 e. The number of hydrogen-bond donors (Lipinski definition) is 1. The van der Waals surface area contributed by atoms with Gasteiger partial charge in [-0.05, 0) is 38.0 Å². The number of carbonyl (C=O) groups is 2. The van der Waals surface area contributed by atoms with Crippen molar-refractivity contribution in [1.29, 1.82) is 0 Å². The second-order valence-electron chi connectivity index (χ2n) is 6.21. The molecule has 1 N–H and O–H groups in total. The van der Waals surface area contributed by atoms with Crippen LogP contribution in [0.3, 0.4) is 0 Å². The molecule has 2 heterocycles. The van der Waals surface area contributed by atoms with E-state index in [4.69, 9.17) is 5.11 Å². The largest absolute Gasteiger partial charge is 0.476 e. The summed E-state index contributed by atoms with van der Waals surface area (Å²) >= 11 is 0. The average molecular weight is 305 g/mol. The molecule has 6 nitrogen and oxygen atoms in total. The quantitative estimate of drug-likeness (QED) is 0.904. The normalized spacial score (nSPS) is 18.5. The summed E-state index contributed by atoms with van der Waals surface area (Å²) in [6, 6.07) is 0.254. The number of hydrogen-bond acceptors (Lipinski definition) is 4. The third-order valence-corrected chi connectivity index (χ3v) is 4.06. The van der Waals surface area contributed by atoms with Gasteiger partial charge in [-0.2, -0.15) is 0 Å². The van der Waals surface area contributed by atoms with E-state index in [2.05, 4.69) is 23.8 Å². The molecule has 6 heteroatoms. The molecular formula is C16H23N3O3. The maximum absolute atomic E-state index is 12.6. The molecule has 0 saturated carbocycles. The van der Waals surface area contributed by atoms with Crippen molar-refractivity contribution in [2.45, 2.75) is 52.0 Å². The van der Waals surface area contributed by atoms with E-state index in [1.165, 1.54) is 6.20 Å². The van der Waals surface area contributed by atoms with Crippen LogP contribution < -0.4 is 0 Å². The minimum atomic E-state index is -1.14. The lowest BCUT2D eigenvalue weighted by molar-refractivity contribution is 0.0584. The molecule has 1 aliphatic rings. The van der Waals surface area contributed by atoms with Crippen LogP contribution in [0.25, 0.3) is 0 Å². The maximum atomic E-state index is 12.6. The Labute approximate surface area is 130 Å². The van der Waals surface area contributed by atoms with Gasteiger partial charge in [0, 0.05) is 12.6 Å². The molecule has 0 bridgehead atoms. The van der Waals surface area contributed by atoms with Crippen molar-refractivity contribution in [3.63, 3.8) is 0 Å². The first-order chi connectivity index (χ1) is 10.5. The van der Waals surface area contributed by atoms with Gasteiger partial charge in [0.25, 0.3) is 5.91 Å². The van der Waals surface area contributed by atoms with Crippen LogP contribution in [-0.2, 0) is 0 Å². The van der Waals surface area contributed by atoms with Crippen LogP contribution >= 0.6 is 0 Å². The Morgan fingerprint density at radius 2 is 1.95 bits per heavy atom. The average Bonchev–Trinajstić information content (AvgIpc) is 2.52. The van der Waals surface area contributed by atoms with Crippen molar-refractivity contribution >= 4 is 11.9 Å². The summed E-state index contributed by atoms with van der Waals surface area (Å²) in [5.74, 6) is -0.661. The molecule has 120 valence electrons. The monoisotopic (exact) mass is 305 g/mol. The number of likely N-dealkylation sites (tertiary alicyclic amines) is 1. The van der Waals surface area contributed by atoms with Crippen LogP contribution in [-0.4, -0.2) is 44.4 Å².